The monoisotopic (exact) mass is 296 g/mol. The number of benzene rings is 1. The van der Waals surface area contributed by atoms with Gasteiger partial charge in [-0.1, -0.05) is 12.1 Å². The molecule has 0 heterocycles. The van der Waals surface area contributed by atoms with E-state index in [0.29, 0.717) is 5.56 Å². The standard InChI is InChI=1S/C15H21FN2O3/c1-9(18-14(20)21-15(2,3)4)12(19)8-10-6-5-7-11(16)13(10)17/h5-7,9H,8,17H2,1-4H3,(H,18,20)/t9-/m0/s1. The number of hydrogen-bond donors (Lipinski definition) is 2. The predicted octanol–water partition coefficient (Wildman–Crippen LogP) is 2.43. The number of carbonyl (C=O) groups excluding carboxylic acids is 2. The van der Waals surface area contributed by atoms with Crippen LogP contribution in [0.25, 0.3) is 0 Å². The first kappa shape index (κ1) is 16.9. The Morgan fingerprint density at radius 1 is 1.38 bits per heavy atom. The molecule has 116 valence electrons. The topological polar surface area (TPSA) is 81.4 Å². The molecular formula is C15H21FN2O3. The molecule has 1 atom stereocenters. The number of anilines is 1. The summed E-state index contributed by atoms with van der Waals surface area (Å²) >= 11 is 0. The number of rotatable bonds is 4. The van der Waals surface area contributed by atoms with Crippen molar-refractivity contribution in [3.05, 3.63) is 29.6 Å². The molecule has 0 radical (unpaired) electrons. The number of alkyl carbamates (subject to hydrolysis) is 1. The number of halogens is 1. The van der Waals surface area contributed by atoms with Gasteiger partial charge in [0.2, 0.25) is 0 Å². The van der Waals surface area contributed by atoms with Crippen molar-refractivity contribution in [3.63, 3.8) is 0 Å². The Kier molecular flexibility index (Phi) is 5.29. The van der Waals surface area contributed by atoms with Crippen molar-refractivity contribution in [3.8, 4) is 0 Å². The summed E-state index contributed by atoms with van der Waals surface area (Å²) in [4.78, 5) is 23.6. The average molecular weight is 296 g/mol. The average Bonchev–Trinajstić information content (AvgIpc) is 2.32. The zero-order valence-corrected chi connectivity index (χ0v) is 12.7. The molecule has 21 heavy (non-hydrogen) atoms. The number of ether oxygens (including phenoxy) is 1. The molecule has 5 nitrogen and oxygen atoms in total. The Hall–Kier alpha value is -2.11. The largest absolute Gasteiger partial charge is 0.444 e. The molecule has 3 N–H and O–H groups in total. The number of Topliss-reactive ketones (excluding diaryl/α,β-unsaturated/α-hetero) is 1. The minimum Gasteiger partial charge on any atom is -0.444 e. The molecule has 0 bridgehead atoms. The van der Waals surface area contributed by atoms with E-state index in [4.69, 9.17) is 10.5 Å². The van der Waals surface area contributed by atoms with Crippen molar-refractivity contribution in [2.75, 3.05) is 5.73 Å². The highest BCUT2D eigenvalue weighted by atomic mass is 19.1. The molecular weight excluding hydrogens is 275 g/mol. The van der Waals surface area contributed by atoms with Crippen LogP contribution in [0.4, 0.5) is 14.9 Å². The quantitative estimate of drug-likeness (QED) is 0.836. The van der Waals surface area contributed by atoms with Crippen molar-refractivity contribution in [2.45, 2.75) is 45.8 Å². The molecule has 0 saturated heterocycles. The number of amides is 1. The molecule has 0 aliphatic carbocycles. The summed E-state index contributed by atoms with van der Waals surface area (Å²) in [6, 6.07) is 3.55. The second-order valence-corrected chi connectivity index (χ2v) is 5.82. The lowest BCUT2D eigenvalue weighted by molar-refractivity contribution is -0.120. The van der Waals surface area contributed by atoms with Crippen molar-refractivity contribution in [1.29, 1.82) is 0 Å². The van der Waals surface area contributed by atoms with Crippen LogP contribution >= 0.6 is 0 Å². The SMILES string of the molecule is C[C@H](NC(=O)OC(C)(C)C)C(=O)Cc1cccc(F)c1N. The fourth-order valence-electron chi connectivity index (χ4n) is 1.64. The van der Waals surface area contributed by atoms with Gasteiger partial charge < -0.3 is 15.8 Å². The van der Waals surface area contributed by atoms with Gasteiger partial charge in [0.05, 0.1) is 11.7 Å². The van der Waals surface area contributed by atoms with Gasteiger partial charge in [0, 0.05) is 6.42 Å². The summed E-state index contributed by atoms with van der Waals surface area (Å²) in [5.74, 6) is -0.841. The summed E-state index contributed by atoms with van der Waals surface area (Å²) in [7, 11) is 0. The van der Waals surface area contributed by atoms with E-state index < -0.39 is 23.6 Å². The maximum atomic E-state index is 13.3. The molecule has 0 spiro atoms. The van der Waals surface area contributed by atoms with Crippen LogP contribution in [0.2, 0.25) is 0 Å². The molecule has 1 aromatic carbocycles. The Bertz CT molecular complexity index is 538. The van der Waals surface area contributed by atoms with E-state index in [1.54, 1.807) is 33.8 Å². The summed E-state index contributed by atoms with van der Waals surface area (Å²) in [6.07, 6.45) is -0.726. The molecule has 0 unspecified atom stereocenters. The first-order chi connectivity index (χ1) is 9.60. The predicted molar refractivity (Wildman–Crippen MR) is 78.4 cm³/mol. The Morgan fingerprint density at radius 3 is 2.57 bits per heavy atom. The zero-order chi connectivity index (χ0) is 16.2. The second kappa shape index (κ2) is 6.56. The van der Waals surface area contributed by atoms with Crippen LogP contribution in [-0.4, -0.2) is 23.5 Å². The zero-order valence-electron chi connectivity index (χ0n) is 12.7. The minimum atomic E-state index is -0.748. The highest BCUT2D eigenvalue weighted by Crippen LogP contribution is 2.17. The third-order valence-corrected chi connectivity index (χ3v) is 2.72. The highest BCUT2D eigenvalue weighted by Gasteiger charge is 2.21. The number of nitrogens with one attached hydrogen (secondary N) is 1. The van der Waals surface area contributed by atoms with Gasteiger partial charge in [-0.2, -0.15) is 0 Å². The summed E-state index contributed by atoms with van der Waals surface area (Å²) < 4.78 is 18.4. The number of para-hydroxylation sites is 1. The minimum absolute atomic E-state index is 0.0460. The number of carbonyl (C=O) groups is 2. The van der Waals surface area contributed by atoms with Gasteiger partial charge in [-0.25, -0.2) is 9.18 Å². The Labute approximate surface area is 123 Å². The molecule has 6 heteroatoms. The van der Waals surface area contributed by atoms with E-state index in [1.807, 2.05) is 0 Å². The van der Waals surface area contributed by atoms with Gasteiger partial charge in [0.25, 0.3) is 0 Å². The van der Waals surface area contributed by atoms with Crippen molar-refractivity contribution < 1.29 is 18.7 Å². The molecule has 0 aliphatic rings. The van der Waals surface area contributed by atoms with E-state index in [2.05, 4.69) is 5.32 Å². The van der Waals surface area contributed by atoms with E-state index in [-0.39, 0.29) is 17.9 Å². The van der Waals surface area contributed by atoms with E-state index in [0.717, 1.165) is 0 Å². The van der Waals surface area contributed by atoms with Crippen LogP contribution < -0.4 is 11.1 Å². The van der Waals surface area contributed by atoms with Crippen molar-refractivity contribution in [1.82, 2.24) is 5.32 Å². The smallest absolute Gasteiger partial charge is 0.408 e. The molecule has 1 rings (SSSR count). The van der Waals surface area contributed by atoms with Gasteiger partial charge in [-0.3, -0.25) is 4.79 Å². The van der Waals surface area contributed by atoms with Crippen LogP contribution in [0, 0.1) is 5.82 Å². The van der Waals surface area contributed by atoms with Crippen LogP contribution in [0.5, 0.6) is 0 Å². The number of nitrogen functional groups attached to an aromatic ring is 1. The van der Waals surface area contributed by atoms with Gasteiger partial charge in [0.1, 0.15) is 11.4 Å². The van der Waals surface area contributed by atoms with Crippen LogP contribution in [0.1, 0.15) is 33.3 Å². The van der Waals surface area contributed by atoms with Gasteiger partial charge >= 0.3 is 6.09 Å². The van der Waals surface area contributed by atoms with Crippen LogP contribution in [0.15, 0.2) is 18.2 Å². The fraction of sp³-hybridized carbons (Fsp3) is 0.467. The maximum Gasteiger partial charge on any atom is 0.408 e. The molecule has 1 aromatic rings. The number of hydrogen-bond acceptors (Lipinski definition) is 4. The van der Waals surface area contributed by atoms with Crippen molar-refractivity contribution >= 4 is 17.6 Å². The molecule has 1 amide bonds. The lowest BCUT2D eigenvalue weighted by Gasteiger charge is -2.21. The third-order valence-electron chi connectivity index (χ3n) is 2.72. The third kappa shape index (κ3) is 5.41. The highest BCUT2D eigenvalue weighted by molar-refractivity contribution is 5.89. The van der Waals surface area contributed by atoms with Crippen LogP contribution in [-0.2, 0) is 16.0 Å². The van der Waals surface area contributed by atoms with E-state index in [1.165, 1.54) is 12.1 Å². The Morgan fingerprint density at radius 2 is 2.00 bits per heavy atom. The lowest BCUT2D eigenvalue weighted by Crippen LogP contribution is -2.42. The van der Waals surface area contributed by atoms with Crippen molar-refractivity contribution in [2.24, 2.45) is 0 Å². The molecule has 0 saturated carbocycles. The Balaban J connectivity index is 2.63. The first-order valence-electron chi connectivity index (χ1n) is 6.65. The maximum absolute atomic E-state index is 13.3. The normalized spacial score (nSPS) is 12.6. The fourth-order valence-corrected chi connectivity index (χ4v) is 1.64. The van der Waals surface area contributed by atoms with Gasteiger partial charge in [-0.05, 0) is 39.3 Å². The number of ketones is 1. The second-order valence-electron chi connectivity index (χ2n) is 5.82. The molecule has 0 fully saturated rings. The van der Waals surface area contributed by atoms with Gasteiger partial charge in [0.15, 0.2) is 5.78 Å². The van der Waals surface area contributed by atoms with Gasteiger partial charge in [-0.15, -0.1) is 0 Å². The van der Waals surface area contributed by atoms with E-state index >= 15 is 0 Å². The number of nitrogens with two attached hydrogens (primary N) is 1. The summed E-state index contributed by atoms with van der Waals surface area (Å²) in [6.45, 7) is 6.73. The first-order valence-corrected chi connectivity index (χ1v) is 6.65. The molecule has 0 aliphatic heterocycles. The van der Waals surface area contributed by atoms with Crippen LogP contribution in [0.3, 0.4) is 0 Å². The summed E-state index contributed by atoms with van der Waals surface area (Å²) in [5.41, 5.74) is 5.29. The summed E-state index contributed by atoms with van der Waals surface area (Å²) in [5, 5.41) is 2.45. The van der Waals surface area contributed by atoms with E-state index in [9.17, 15) is 14.0 Å². The molecule has 0 aromatic heterocycles. The lowest BCUT2D eigenvalue weighted by atomic mass is 10.0.